The largest absolute Gasteiger partial charge is 0.378 e. The standard InChI is InChI=1S/C14H21N5O/c1-5-11-7-15-10(2)16-14(11)19(3)8-12-6-13(9-20-4)18-17-12/h6-7H,5,8-9H2,1-4H3,(H,17,18). The molecule has 20 heavy (non-hydrogen) atoms. The van der Waals surface area contributed by atoms with Gasteiger partial charge in [0.2, 0.25) is 0 Å². The molecule has 0 aliphatic carbocycles. The normalized spacial score (nSPS) is 10.8. The van der Waals surface area contributed by atoms with E-state index in [2.05, 4.69) is 32.0 Å². The SMILES string of the molecule is CCc1cnc(C)nc1N(C)Cc1cc(COC)n[nH]1. The number of ether oxygens (including phenoxy) is 1. The van der Waals surface area contributed by atoms with Gasteiger partial charge in [-0.25, -0.2) is 9.97 Å². The summed E-state index contributed by atoms with van der Waals surface area (Å²) in [5.41, 5.74) is 3.10. The second-order valence-electron chi connectivity index (χ2n) is 4.79. The van der Waals surface area contributed by atoms with Crippen molar-refractivity contribution in [3.8, 4) is 0 Å². The van der Waals surface area contributed by atoms with Gasteiger partial charge in [0.25, 0.3) is 0 Å². The van der Waals surface area contributed by atoms with Gasteiger partial charge in [0.05, 0.1) is 24.5 Å². The van der Waals surface area contributed by atoms with E-state index in [1.165, 1.54) is 0 Å². The summed E-state index contributed by atoms with van der Waals surface area (Å²) < 4.78 is 5.07. The number of methoxy groups -OCH3 is 1. The van der Waals surface area contributed by atoms with E-state index < -0.39 is 0 Å². The van der Waals surface area contributed by atoms with Gasteiger partial charge in [-0.1, -0.05) is 6.92 Å². The van der Waals surface area contributed by atoms with Gasteiger partial charge >= 0.3 is 0 Å². The molecule has 0 aliphatic heterocycles. The van der Waals surface area contributed by atoms with Gasteiger partial charge < -0.3 is 9.64 Å². The average molecular weight is 275 g/mol. The molecule has 0 saturated carbocycles. The zero-order chi connectivity index (χ0) is 14.5. The number of rotatable bonds is 6. The van der Waals surface area contributed by atoms with E-state index in [1.54, 1.807) is 7.11 Å². The molecule has 108 valence electrons. The van der Waals surface area contributed by atoms with Crippen LogP contribution in [-0.2, 0) is 24.3 Å². The highest BCUT2D eigenvalue weighted by atomic mass is 16.5. The van der Waals surface area contributed by atoms with Crippen molar-refractivity contribution in [2.45, 2.75) is 33.4 Å². The summed E-state index contributed by atoms with van der Waals surface area (Å²) in [6, 6.07) is 2.01. The van der Waals surface area contributed by atoms with Crippen molar-refractivity contribution >= 4 is 5.82 Å². The molecule has 0 unspecified atom stereocenters. The third-order valence-electron chi connectivity index (χ3n) is 3.09. The molecular formula is C14H21N5O. The molecule has 2 aromatic heterocycles. The van der Waals surface area contributed by atoms with Crippen LogP contribution in [0.1, 0.15) is 29.7 Å². The average Bonchev–Trinajstić information content (AvgIpc) is 2.86. The van der Waals surface area contributed by atoms with E-state index in [0.717, 1.165) is 41.6 Å². The lowest BCUT2D eigenvalue weighted by Gasteiger charge is -2.20. The number of nitrogens with zero attached hydrogens (tertiary/aromatic N) is 4. The Hall–Kier alpha value is -1.95. The minimum absolute atomic E-state index is 0.521. The molecular weight excluding hydrogens is 254 g/mol. The smallest absolute Gasteiger partial charge is 0.135 e. The zero-order valence-electron chi connectivity index (χ0n) is 12.5. The number of aryl methyl sites for hydroxylation is 2. The highest BCUT2D eigenvalue weighted by Crippen LogP contribution is 2.18. The first-order valence-electron chi connectivity index (χ1n) is 6.69. The first kappa shape index (κ1) is 14.5. The number of anilines is 1. The Bertz CT molecular complexity index is 566. The van der Waals surface area contributed by atoms with Crippen molar-refractivity contribution < 1.29 is 4.74 Å². The van der Waals surface area contributed by atoms with Crippen LogP contribution >= 0.6 is 0 Å². The molecule has 2 aromatic rings. The van der Waals surface area contributed by atoms with E-state index in [1.807, 2.05) is 26.2 Å². The minimum atomic E-state index is 0.521. The van der Waals surface area contributed by atoms with Gasteiger partial charge in [-0.2, -0.15) is 5.10 Å². The summed E-state index contributed by atoms with van der Waals surface area (Å²) in [5, 5.41) is 7.23. The molecule has 6 heteroatoms. The highest BCUT2D eigenvalue weighted by Gasteiger charge is 2.11. The van der Waals surface area contributed by atoms with Gasteiger partial charge in [0, 0.05) is 25.9 Å². The van der Waals surface area contributed by atoms with Crippen LogP contribution in [0.5, 0.6) is 0 Å². The van der Waals surface area contributed by atoms with Crippen LogP contribution in [0.15, 0.2) is 12.3 Å². The predicted molar refractivity (Wildman–Crippen MR) is 77.6 cm³/mol. The molecule has 0 amide bonds. The maximum atomic E-state index is 5.07. The van der Waals surface area contributed by atoms with Crippen LogP contribution in [0.3, 0.4) is 0 Å². The maximum absolute atomic E-state index is 5.07. The van der Waals surface area contributed by atoms with Crippen molar-refractivity contribution in [3.05, 3.63) is 35.0 Å². The fourth-order valence-corrected chi connectivity index (χ4v) is 2.11. The zero-order valence-corrected chi connectivity index (χ0v) is 12.5. The number of hydrogen-bond donors (Lipinski definition) is 1. The molecule has 0 aromatic carbocycles. The second-order valence-corrected chi connectivity index (χ2v) is 4.79. The lowest BCUT2D eigenvalue weighted by atomic mass is 10.2. The summed E-state index contributed by atoms with van der Waals surface area (Å²) in [6.45, 7) is 5.26. The molecule has 2 rings (SSSR count). The van der Waals surface area contributed by atoms with Crippen LogP contribution in [-0.4, -0.2) is 34.3 Å². The van der Waals surface area contributed by atoms with Crippen LogP contribution in [0, 0.1) is 6.92 Å². The van der Waals surface area contributed by atoms with E-state index >= 15 is 0 Å². The van der Waals surface area contributed by atoms with Gasteiger partial charge in [-0.15, -0.1) is 0 Å². The number of hydrogen-bond acceptors (Lipinski definition) is 5. The Balaban J connectivity index is 2.14. The lowest BCUT2D eigenvalue weighted by molar-refractivity contribution is 0.181. The van der Waals surface area contributed by atoms with Crippen LogP contribution in [0.4, 0.5) is 5.82 Å². The topological polar surface area (TPSA) is 66.9 Å². The Morgan fingerprint density at radius 1 is 1.40 bits per heavy atom. The van der Waals surface area contributed by atoms with Gasteiger partial charge in [0.15, 0.2) is 0 Å². The van der Waals surface area contributed by atoms with Gasteiger partial charge in [-0.05, 0) is 19.4 Å². The van der Waals surface area contributed by atoms with E-state index in [4.69, 9.17) is 4.74 Å². The maximum Gasteiger partial charge on any atom is 0.135 e. The highest BCUT2D eigenvalue weighted by molar-refractivity contribution is 5.45. The summed E-state index contributed by atoms with van der Waals surface area (Å²) in [6.07, 6.45) is 2.81. The molecule has 0 fully saturated rings. The number of nitrogens with one attached hydrogen (secondary N) is 1. The molecule has 0 radical (unpaired) electrons. The van der Waals surface area contributed by atoms with Crippen molar-refractivity contribution in [1.29, 1.82) is 0 Å². The predicted octanol–water partition coefficient (Wildman–Crippen LogP) is 1.85. The van der Waals surface area contributed by atoms with E-state index in [-0.39, 0.29) is 0 Å². The van der Waals surface area contributed by atoms with Gasteiger partial charge in [0.1, 0.15) is 11.6 Å². The Labute approximate surface area is 119 Å². The third-order valence-corrected chi connectivity index (χ3v) is 3.09. The number of aromatic nitrogens is 4. The van der Waals surface area contributed by atoms with Gasteiger partial charge in [-0.3, -0.25) is 5.10 Å². The fraction of sp³-hybridized carbons (Fsp3) is 0.500. The van der Waals surface area contributed by atoms with Crippen molar-refractivity contribution in [2.75, 3.05) is 19.1 Å². The van der Waals surface area contributed by atoms with Crippen LogP contribution in [0.2, 0.25) is 0 Å². The summed E-state index contributed by atoms with van der Waals surface area (Å²) in [4.78, 5) is 10.9. The first-order chi connectivity index (χ1) is 9.63. The summed E-state index contributed by atoms with van der Waals surface area (Å²) >= 11 is 0. The summed E-state index contributed by atoms with van der Waals surface area (Å²) in [7, 11) is 3.69. The molecule has 0 spiro atoms. The Kier molecular flexibility index (Phi) is 4.68. The molecule has 0 atom stereocenters. The molecule has 2 heterocycles. The van der Waals surface area contributed by atoms with Crippen molar-refractivity contribution in [2.24, 2.45) is 0 Å². The van der Waals surface area contributed by atoms with E-state index in [9.17, 15) is 0 Å². The number of H-pyrrole nitrogens is 1. The first-order valence-corrected chi connectivity index (χ1v) is 6.69. The Morgan fingerprint density at radius 3 is 2.90 bits per heavy atom. The molecule has 0 aliphatic rings. The van der Waals surface area contributed by atoms with Crippen molar-refractivity contribution in [3.63, 3.8) is 0 Å². The van der Waals surface area contributed by atoms with Crippen LogP contribution < -0.4 is 4.90 Å². The minimum Gasteiger partial charge on any atom is -0.378 e. The second kappa shape index (κ2) is 6.47. The molecule has 0 saturated heterocycles. The van der Waals surface area contributed by atoms with Crippen LogP contribution in [0.25, 0.3) is 0 Å². The summed E-state index contributed by atoms with van der Waals surface area (Å²) in [5.74, 6) is 1.76. The monoisotopic (exact) mass is 275 g/mol. The number of aromatic amines is 1. The van der Waals surface area contributed by atoms with E-state index in [0.29, 0.717) is 6.61 Å². The Morgan fingerprint density at radius 2 is 2.20 bits per heavy atom. The lowest BCUT2D eigenvalue weighted by Crippen LogP contribution is -2.20. The quantitative estimate of drug-likeness (QED) is 0.871. The van der Waals surface area contributed by atoms with Crippen molar-refractivity contribution in [1.82, 2.24) is 20.2 Å². The molecule has 6 nitrogen and oxygen atoms in total. The fourth-order valence-electron chi connectivity index (χ4n) is 2.11. The third kappa shape index (κ3) is 3.33. The molecule has 1 N–H and O–H groups in total. The molecule has 0 bridgehead atoms.